The molecule has 0 unspecified atom stereocenters. The maximum Gasteiger partial charge on any atom is 0.119 e. The van der Waals surface area contributed by atoms with Gasteiger partial charge in [-0.25, -0.2) is 0 Å². The first-order chi connectivity index (χ1) is 8.22. The first kappa shape index (κ1) is 12.4. The standard InChI is InChI=1S/C14H21NO2/c1-2-12-4-3-5-13(10-12)17-11-14(16)6-8-15-9-7-14/h3-5,10,15-16H,2,6-9,11H2,1H3. The number of benzene rings is 1. The highest BCUT2D eigenvalue weighted by atomic mass is 16.5. The molecule has 0 bridgehead atoms. The number of hydrogen-bond donors (Lipinski definition) is 2. The van der Waals surface area contributed by atoms with Crippen LogP contribution in [0.5, 0.6) is 5.75 Å². The van der Waals surface area contributed by atoms with E-state index in [9.17, 15) is 5.11 Å². The van der Waals surface area contributed by atoms with Gasteiger partial charge in [0.05, 0.1) is 0 Å². The second kappa shape index (κ2) is 5.52. The average molecular weight is 235 g/mol. The summed E-state index contributed by atoms with van der Waals surface area (Å²) in [7, 11) is 0. The van der Waals surface area contributed by atoms with E-state index in [1.165, 1.54) is 5.56 Å². The lowest BCUT2D eigenvalue weighted by Gasteiger charge is -2.32. The molecule has 3 nitrogen and oxygen atoms in total. The molecule has 2 N–H and O–H groups in total. The maximum atomic E-state index is 10.3. The Morgan fingerprint density at radius 1 is 1.35 bits per heavy atom. The smallest absolute Gasteiger partial charge is 0.119 e. The highest BCUT2D eigenvalue weighted by Crippen LogP contribution is 2.21. The number of piperidine rings is 1. The van der Waals surface area contributed by atoms with Crippen molar-refractivity contribution in [1.29, 1.82) is 0 Å². The van der Waals surface area contributed by atoms with E-state index in [-0.39, 0.29) is 0 Å². The quantitative estimate of drug-likeness (QED) is 0.835. The van der Waals surface area contributed by atoms with Crippen LogP contribution in [0.3, 0.4) is 0 Å². The van der Waals surface area contributed by atoms with Crippen molar-refractivity contribution in [2.24, 2.45) is 0 Å². The summed E-state index contributed by atoms with van der Waals surface area (Å²) in [4.78, 5) is 0. The summed E-state index contributed by atoms with van der Waals surface area (Å²) >= 11 is 0. The first-order valence-electron chi connectivity index (χ1n) is 6.37. The zero-order chi connectivity index (χ0) is 12.1. The number of nitrogens with one attached hydrogen (secondary N) is 1. The normalized spacial score (nSPS) is 18.9. The van der Waals surface area contributed by atoms with E-state index in [0.717, 1.165) is 38.1 Å². The summed E-state index contributed by atoms with van der Waals surface area (Å²) < 4.78 is 5.71. The lowest BCUT2D eigenvalue weighted by Crippen LogP contribution is -2.45. The second-order valence-corrected chi connectivity index (χ2v) is 4.76. The third kappa shape index (κ3) is 3.45. The number of hydrogen-bond acceptors (Lipinski definition) is 3. The van der Waals surface area contributed by atoms with Crippen LogP contribution >= 0.6 is 0 Å². The molecule has 1 aliphatic heterocycles. The van der Waals surface area contributed by atoms with Gasteiger partial charge in [-0.05, 0) is 50.0 Å². The highest BCUT2D eigenvalue weighted by Gasteiger charge is 2.29. The average Bonchev–Trinajstić information content (AvgIpc) is 2.38. The minimum atomic E-state index is -0.659. The van der Waals surface area contributed by atoms with Crippen LogP contribution in [-0.4, -0.2) is 30.4 Å². The van der Waals surface area contributed by atoms with Gasteiger partial charge >= 0.3 is 0 Å². The molecule has 0 saturated carbocycles. The minimum Gasteiger partial charge on any atom is -0.491 e. The molecule has 0 aliphatic carbocycles. The van der Waals surface area contributed by atoms with Crippen LogP contribution in [0.2, 0.25) is 0 Å². The van der Waals surface area contributed by atoms with Crippen molar-refractivity contribution in [1.82, 2.24) is 5.32 Å². The Hall–Kier alpha value is -1.06. The second-order valence-electron chi connectivity index (χ2n) is 4.76. The molecule has 1 saturated heterocycles. The van der Waals surface area contributed by atoms with Gasteiger partial charge in [0.15, 0.2) is 0 Å². The fourth-order valence-electron chi connectivity index (χ4n) is 2.11. The van der Waals surface area contributed by atoms with Crippen molar-refractivity contribution < 1.29 is 9.84 Å². The van der Waals surface area contributed by atoms with Crippen molar-refractivity contribution in [3.8, 4) is 5.75 Å². The third-order valence-electron chi connectivity index (χ3n) is 3.35. The molecule has 94 valence electrons. The molecule has 1 fully saturated rings. The van der Waals surface area contributed by atoms with Crippen molar-refractivity contribution in [3.63, 3.8) is 0 Å². The number of ether oxygens (including phenoxy) is 1. The molecule has 1 heterocycles. The van der Waals surface area contributed by atoms with Gasteiger partial charge in [-0.3, -0.25) is 0 Å². The van der Waals surface area contributed by atoms with Crippen LogP contribution < -0.4 is 10.1 Å². The monoisotopic (exact) mass is 235 g/mol. The van der Waals surface area contributed by atoms with Crippen LogP contribution in [0.25, 0.3) is 0 Å². The predicted molar refractivity (Wildman–Crippen MR) is 68.4 cm³/mol. The number of aliphatic hydroxyl groups is 1. The fraction of sp³-hybridized carbons (Fsp3) is 0.571. The topological polar surface area (TPSA) is 41.5 Å². The van der Waals surface area contributed by atoms with E-state index in [1.807, 2.05) is 18.2 Å². The zero-order valence-electron chi connectivity index (χ0n) is 10.4. The van der Waals surface area contributed by atoms with Crippen molar-refractivity contribution in [2.75, 3.05) is 19.7 Å². The van der Waals surface area contributed by atoms with Crippen LogP contribution in [0.15, 0.2) is 24.3 Å². The Morgan fingerprint density at radius 2 is 2.12 bits per heavy atom. The lowest BCUT2D eigenvalue weighted by atomic mass is 9.93. The molecule has 0 spiro atoms. The van der Waals surface area contributed by atoms with Gasteiger partial charge in [0, 0.05) is 0 Å². The Kier molecular flexibility index (Phi) is 4.02. The zero-order valence-corrected chi connectivity index (χ0v) is 10.4. The fourth-order valence-corrected chi connectivity index (χ4v) is 2.11. The van der Waals surface area contributed by atoms with Crippen molar-refractivity contribution in [2.45, 2.75) is 31.8 Å². The van der Waals surface area contributed by atoms with E-state index < -0.39 is 5.60 Å². The molecule has 1 aliphatic rings. The summed E-state index contributed by atoms with van der Waals surface area (Å²) in [6.07, 6.45) is 2.53. The molecule has 2 rings (SSSR count). The molecule has 0 amide bonds. The molecular weight excluding hydrogens is 214 g/mol. The maximum absolute atomic E-state index is 10.3. The van der Waals surface area contributed by atoms with Crippen LogP contribution in [-0.2, 0) is 6.42 Å². The van der Waals surface area contributed by atoms with Crippen molar-refractivity contribution in [3.05, 3.63) is 29.8 Å². The van der Waals surface area contributed by atoms with Gasteiger partial charge in [0.25, 0.3) is 0 Å². The molecule has 0 radical (unpaired) electrons. The molecular formula is C14H21NO2. The Bertz CT molecular complexity index is 359. The van der Waals surface area contributed by atoms with Gasteiger partial charge in [-0.15, -0.1) is 0 Å². The number of rotatable bonds is 4. The van der Waals surface area contributed by atoms with E-state index in [4.69, 9.17) is 4.74 Å². The Labute approximate surface area is 103 Å². The highest BCUT2D eigenvalue weighted by molar-refractivity contribution is 5.28. The van der Waals surface area contributed by atoms with E-state index in [0.29, 0.717) is 6.61 Å². The van der Waals surface area contributed by atoms with Crippen LogP contribution in [0.1, 0.15) is 25.3 Å². The van der Waals surface area contributed by atoms with E-state index in [1.54, 1.807) is 0 Å². The summed E-state index contributed by atoms with van der Waals surface area (Å²) in [5, 5.41) is 13.5. The SMILES string of the molecule is CCc1cccc(OCC2(O)CCNCC2)c1. The van der Waals surface area contributed by atoms with Gasteiger partial charge in [0.2, 0.25) is 0 Å². The molecule has 17 heavy (non-hydrogen) atoms. The first-order valence-corrected chi connectivity index (χ1v) is 6.37. The van der Waals surface area contributed by atoms with Gasteiger partial charge in [0.1, 0.15) is 18.0 Å². The lowest BCUT2D eigenvalue weighted by molar-refractivity contribution is -0.0286. The van der Waals surface area contributed by atoms with Gasteiger partial charge < -0.3 is 15.2 Å². The Morgan fingerprint density at radius 3 is 2.82 bits per heavy atom. The molecule has 1 aromatic carbocycles. The summed E-state index contributed by atoms with van der Waals surface area (Å²) in [5.41, 5.74) is 0.604. The summed E-state index contributed by atoms with van der Waals surface area (Å²) in [6.45, 7) is 4.25. The minimum absolute atomic E-state index is 0.391. The van der Waals surface area contributed by atoms with Crippen molar-refractivity contribution >= 4 is 0 Å². The predicted octanol–water partition coefficient (Wildman–Crippen LogP) is 1.74. The van der Waals surface area contributed by atoms with E-state index >= 15 is 0 Å². The van der Waals surface area contributed by atoms with Crippen LogP contribution in [0.4, 0.5) is 0 Å². The third-order valence-corrected chi connectivity index (χ3v) is 3.35. The molecule has 0 aromatic heterocycles. The molecule has 3 heteroatoms. The largest absolute Gasteiger partial charge is 0.491 e. The molecule has 1 aromatic rings. The van der Waals surface area contributed by atoms with Gasteiger partial charge in [-0.2, -0.15) is 0 Å². The van der Waals surface area contributed by atoms with E-state index in [2.05, 4.69) is 18.3 Å². The Balaban J connectivity index is 1.92. The summed E-state index contributed by atoms with van der Waals surface area (Å²) in [5.74, 6) is 0.858. The molecule has 0 atom stereocenters. The number of aryl methyl sites for hydroxylation is 1. The van der Waals surface area contributed by atoms with Gasteiger partial charge in [-0.1, -0.05) is 19.1 Å². The summed E-state index contributed by atoms with van der Waals surface area (Å²) in [6, 6.07) is 8.08. The van der Waals surface area contributed by atoms with Crippen LogP contribution in [0, 0.1) is 0 Å².